The summed E-state index contributed by atoms with van der Waals surface area (Å²) in [5.41, 5.74) is 0. The summed E-state index contributed by atoms with van der Waals surface area (Å²) in [4.78, 5) is 15.1. The lowest BCUT2D eigenvalue weighted by atomic mass is 10.1. The Morgan fingerprint density at radius 3 is 2.75 bits per heavy atom. The lowest BCUT2D eigenvalue weighted by Gasteiger charge is -2.31. The number of likely N-dealkylation sites (tertiary alicyclic amines) is 1. The van der Waals surface area contributed by atoms with Gasteiger partial charge in [0.15, 0.2) is 0 Å². The molecule has 1 saturated heterocycles. The van der Waals surface area contributed by atoms with Gasteiger partial charge >= 0.3 is 0 Å². The summed E-state index contributed by atoms with van der Waals surface area (Å²) in [5, 5.41) is 0.755. The number of halogens is 1. The van der Waals surface area contributed by atoms with Gasteiger partial charge in [0.05, 0.1) is 11.1 Å². The van der Waals surface area contributed by atoms with Crippen molar-refractivity contribution in [3.05, 3.63) is 29.3 Å². The molecule has 3 nitrogen and oxygen atoms in total. The van der Waals surface area contributed by atoms with E-state index in [4.69, 9.17) is 16.3 Å². The number of benzene rings is 1. The summed E-state index contributed by atoms with van der Waals surface area (Å²) in [6, 6.07) is 7.74. The van der Waals surface area contributed by atoms with Crippen molar-refractivity contribution in [1.82, 2.24) is 4.90 Å². The second kappa shape index (κ2) is 7.91. The van der Waals surface area contributed by atoms with E-state index in [0.29, 0.717) is 12.5 Å². The van der Waals surface area contributed by atoms with Crippen LogP contribution in [0.5, 0.6) is 0 Å². The number of methoxy groups -OCH3 is 1. The molecule has 0 atom stereocenters. The number of hydrogen-bond donors (Lipinski definition) is 0. The molecule has 1 fully saturated rings. The first-order chi connectivity index (χ1) is 9.70. The molecule has 20 heavy (non-hydrogen) atoms. The van der Waals surface area contributed by atoms with E-state index in [1.54, 1.807) is 18.9 Å². The maximum Gasteiger partial charge on any atom is 0.223 e. The Kier molecular flexibility index (Phi) is 6.20. The van der Waals surface area contributed by atoms with E-state index < -0.39 is 0 Å². The van der Waals surface area contributed by atoms with Crippen molar-refractivity contribution in [3.8, 4) is 0 Å². The van der Waals surface area contributed by atoms with Gasteiger partial charge in [-0.1, -0.05) is 23.7 Å². The molecular weight excluding hydrogens is 294 g/mol. The maximum atomic E-state index is 12.1. The van der Waals surface area contributed by atoms with Gasteiger partial charge in [0.2, 0.25) is 5.91 Å². The second-order valence-electron chi connectivity index (χ2n) is 4.84. The van der Waals surface area contributed by atoms with Gasteiger partial charge in [-0.3, -0.25) is 4.79 Å². The van der Waals surface area contributed by atoms with Gasteiger partial charge in [0.1, 0.15) is 0 Å². The molecule has 0 radical (unpaired) electrons. The van der Waals surface area contributed by atoms with Crippen molar-refractivity contribution < 1.29 is 9.53 Å². The summed E-state index contributed by atoms with van der Waals surface area (Å²) >= 11 is 7.73. The van der Waals surface area contributed by atoms with Crippen molar-refractivity contribution in [3.63, 3.8) is 0 Å². The number of amides is 1. The molecule has 0 spiro atoms. The highest BCUT2D eigenvalue weighted by atomic mass is 35.5. The molecule has 0 unspecified atom stereocenters. The summed E-state index contributed by atoms with van der Waals surface area (Å²) in [6.07, 6.45) is 2.77. The van der Waals surface area contributed by atoms with Crippen LogP contribution in [0.25, 0.3) is 0 Å². The first-order valence-electron chi connectivity index (χ1n) is 6.88. The van der Waals surface area contributed by atoms with Crippen LogP contribution in [0.15, 0.2) is 29.2 Å². The third-order valence-electron chi connectivity index (χ3n) is 3.54. The summed E-state index contributed by atoms with van der Waals surface area (Å²) in [6.45, 7) is 1.63. The average molecular weight is 314 g/mol. The summed E-state index contributed by atoms with van der Waals surface area (Å²) in [5.74, 6) is 1.01. The highest BCUT2D eigenvalue weighted by Crippen LogP contribution is 2.27. The first-order valence-corrected chi connectivity index (χ1v) is 8.25. The Morgan fingerprint density at radius 1 is 1.40 bits per heavy atom. The highest BCUT2D eigenvalue weighted by molar-refractivity contribution is 7.99. The topological polar surface area (TPSA) is 29.5 Å². The Hall–Kier alpha value is -0.710. The molecule has 1 aliphatic heterocycles. The fourth-order valence-electron chi connectivity index (χ4n) is 2.31. The molecule has 0 saturated carbocycles. The van der Waals surface area contributed by atoms with E-state index in [-0.39, 0.29) is 5.91 Å². The van der Waals surface area contributed by atoms with Crippen molar-refractivity contribution in [1.29, 1.82) is 0 Å². The minimum absolute atomic E-state index is 0.235. The van der Waals surface area contributed by atoms with E-state index in [2.05, 4.69) is 0 Å². The average Bonchev–Trinajstić information content (AvgIpc) is 2.49. The van der Waals surface area contributed by atoms with Gasteiger partial charge in [-0.2, -0.15) is 0 Å². The first kappa shape index (κ1) is 15.7. The van der Waals surface area contributed by atoms with Crippen LogP contribution in [0, 0.1) is 0 Å². The minimum Gasteiger partial charge on any atom is -0.381 e. The summed E-state index contributed by atoms with van der Waals surface area (Å²) < 4.78 is 5.31. The molecule has 0 aromatic heterocycles. The monoisotopic (exact) mass is 313 g/mol. The van der Waals surface area contributed by atoms with Gasteiger partial charge < -0.3 is 9.64 Å². The number of ether oxygens (including phenoxy) is 1. The molecule has 5 heteroatoms. The number of thioether (sulfide) groups is 1. The van der Waals surface area contributed by atoms with E-state index in [9.17, 15) is 4.79 Å². The molecule has 1 aromatic carbocycles. The van der Waals surface area contributed by atoms with Gasteiger partial charge in [0.25, 0.3) is 0 Å². The molecule has 110 valence electrons. The molecule has 0 aliphatic carbocycles. The van der Waals surface area contributed by atoms with E-state index in [0.717, 1.165) is 41.6 Å². The zero-order chi connectivity index (χ0) is 14.4. The van der Waals surface area contributed by atoms with Gasteiger partial charge in [-0.15, -0.1) is 11.8 Å². The SMILES string of the molecule is COC1CCN(C(=O)CCSc2ccccc2Cl)CC1. The van der Waals surface area contributed by atoms with Crippen LogP contribution in [0.4, 0.5) is 0 Å². The number of carbonyl (C=O) groups excluding carboxylic acids is 1. The third-order valence-corrected chi connectivity index (χ3v) is 5.06. The standard InChI is InChI=1S/C15H20ClNO2S/c1-19-12-6-9-17(10-7-12)15(18)8-11-20-14-5-3-2-4-13(14)16/h2-5,12H,6-11H2,1H3. The number of carbonyl (C=O) groups is 1. The Bertz CT molecular complexity index is 447. The molecule has 0 bridgehead atoms. The van der Waals surface area contributed by atoms with Crippen molar-refractivity contribution in [2.24, 2.45) is 0 Å². The normalized spacial score (nSPS) is 16.4. The fourth-order valence-corrected chi connectivity index (χ4v) is 3.49. The Morgan fingerprint density at radius 2 is 2.10 bits per heavy atom. The molecule has 0 N–H and O–H groups in total. The quantitative estimate of drug-likeness (QED) is 0.780. The van der Waals surface area contributed by atoms with E-state index >= 15 is 0 Å². The zero-order valence-corrected chi connectivity index (χ0v) is 13.3. The number of nitrogens with zero attached hydrogens (tertiary/aromatic N) is 1. The molecule has 2 rings (SSSR count). The third kappa shape index (κ3) is 4.40. The number of hydrogen-bond acceptors (Lipinski definition) is 3. The lowest BCUT2D eigenvalue weighted by Crippen LogP contribution is -2.40. The van der Waals surface area contributed by atoms with Crippen LogP contribution in [-0.4, -0.2) is 42.9 Å². The molecular formula is C15H20ClNO2S. The minimum atomic E-state index is 0.235. The van der Waals surface area contributed by atoms with Crippen LogP contribution < -0.4 is 0 Å². The predicted octanol–water partition coefficient (Wildman–Crippen LogP) is 3.46. The Labute approximate surface area is 129 Å². The molecule has 1 amide bonds. The molecule has 1 heterocycles. The van der Waals surface area contributed by atoms with E-state index in [1.165, 1.54) is 0 Å². The second-order valence-corrected chi connectivity index (χ2v) is 6.39. The molecule has 1 aliphatic rings. The van der Waals surface area contributed by atoms with Crippen molar-refractivity contribution in [2.45, 2.75) is 30.3 Å². The van der Waals surface area contributed by atoms with Crippen LogP contribution in [0.2, 0.25) is 5.02 Å². The van der Waals surface area contributed by atoms with E-state index in [1.807, 2.05) is 29.2 Å². The van der Waals surface area contributed by atoms with Crippen molar-refractivity contribution >= 4 is 29.3 Å². The van der Waals surface area contributed by atoms with Gasteiger partial charge in [0, 0.05) is 37.3 Å². The number of rotatable bonds is 5. The number of piperidine rings is 1. The molecule has 1 aromatic rings. The highest BCUT2D eigenvalue weighted by Gasteiger charge is 2.22. The Balaban J connectivity index is 1.72. The van der Waals surface area contributed by atoms with Crippen molar-refractivity contribution in [2.75, 3.05) is 26.0 Å². The van der Waals surface area contributed by atoms with Crippen LogP contribution in [0.3, 0.4) is 0 Å². The lowest BCUT2D eigenvalue weighted by molar-refractivity contribution is -0.133. The smallest absolute Gasteiger partial charge is 0.223 e. The fraction of sp³-hybridized carbons (Fsp3) is 0.533. The largest absolute Gasteiger partial charge is 0.381 e. The summed E-state index contributed by atoms with van der Waals surface area (Å²) in [7, 11) is 1.74. The predicted molar refractivity (Wildman–Crippen MR) is 83.4 cm³/mol. The van der Waals surface area contributed by atoms with Crippen LogP contribution >= 0.6 is 23.4 Å². The van der Waals surface area contributed by atoms with Crippen LogP contribution in [-0.2, 0) is 9.53 Å². The van der Waals surface area contributed by atoms with Gasteiger partial charge in [-0.05, 0) is 25.0 Å². The van der Waals surface area contributed by atoms with Gasteiger partial charge in [-0.25, -0.2) is 0 Å². The maximum absolute atomic E-state index is 12.1. The van der Waals surface area contributed by atoms with Crippen LogP contribution in [0.1, 0.15) is 19.3 Å². The zero-order valence-electron chi connectivity index (χ0n) is 11.7.